The van der Waals surface area contributed by atoms with Gasteiger partial charge in [0.25, 0.3) is 0 Å². The normalized spacial score (nSPS) is 19.7. The van der Waals surface area contributed by atoms with Gasteiger partial charge in [0.2, 0.25) is 5.91 Å². The second-order valence-corrected chi connectivity index (χ2v) is 9.36. The molecule has 0 fully saturated rings. The summed E-state index contributed by atoms with van der Waals surface area (Å²) in [6.07, 6.45) is 4.20. The number of aliphatic hydroxyl groups is 2. The molecule has 0 spiro atoms. The number of carbonyl (C=O) groups excluding carboxylic acids is 1. The topological polar surface area (TPSA) is 95.6 Å². The predicted molar refractivity (Wildman–Crippen MR) is 139 cm³/mol. The van der Waals surface area contributed by atoms with Gasteiger partial charge < -0.3 is 21.3 Å². The first-order valence-electron chi connectivity index (χ1n) is 12.3. The van der Waals surface area contributed by atoms with Crippen LogP contribution in [0.4, 0.5) is 0 Å². The fraction of sp³-hybridized carbons (Fsp3) is 0.300. The number of rotatable bonds is 10. The van der Waals surface area contributed by atoms with E-state index in [0.717, 1.165) is 22.3 Å². The van der Waals surface area contributed by atoms with E-state index in [9.17, 15) is 15.0 Å². The zero-order valence-electron chi connectivity index (χ0n) is 19.8. The van der Waals surface area contributed by atoms with E-state index >= 15 is 0 Å². The monoisotopic (exact) mass is 470 g/mol. The Morgan fingerprint density at radius 1 is 1.00 bits per heavy atom. The van der Waals surface area contributed by atoms with Gasteiger partial charge in [-0.05, 0) is 41.5 Å². The third-order valence-electron chi connectivity index (χ3n) is 6.74. The Kier molecular flexibility index (Phi) is 8.48. The van der Waals surface area contributed by atoms with Crippen molar-refractivity contribution < 1.29 is 15.0 Å². The fourth-order valence-electron chi connectivity index (χ4n) is 4.75. The maximum Gasteiger partial charge on any atom is 0.224 e. The molecular formula is C30H34N2O3. The van der Waals surface area contributed by atoms with Crippen molar-refractivity contribution in [3.05, 3.63) is 113 Å². The summed E-state index contributed by atoms with van der Waals surface area (Å²) in [5, 5.41) is 24.6. The van der Waals surface area contributed by atoms with E-state index in [1.165, 1.54) is 0 Å². The van der Waals surface area contributed by atoms with E-state index in [0.29, 0.717) is 19.3 Å². The second kappa shape index (κ2) is 11.9. The van der Waals surface area contributed by atoms with Crippen LogP contribution >= 0.6 is 0 Å². The highest BCUT2D eigenvalue weighted by molar-refractivity contribution is 5.80. The predicted octanol–water partition coefficient (Wildman–Crippen LogP) is 3.80. The molecule has 4 rings (SSSR count). The highest BCUT2D eigenvalue weighted by atomic mass is 16.3. The van der Waals surface area contributed by atoms with Crippen molar-refractivity contribution in [3.8, 4) is 0 Å². The molecule has 5 N–H and O–H groups in total. The molecule has 1 amide bonds. The zero-order chi connectivity index (χ0) is 24.6. The van der Waals surface area contributed by atoms with Gasteiger partial charge in [0, 0.05) is 18.4 Å². The number of benzene rings is 3. The van der Waals surface area contributed by atoms with Crippen molar-refractivity contribution in [2.75, 3.05) is 0 Å². The van der Waals surface area contributed by atoms with Gasteiger partial charge >= 0.3 is 0 Å². The van der Waals surface area contributed by atoms with Crippen LogP contribution in [0, 0.1) is 5.92 Å². The minimum Gasteiger partial charge on any atom is -0.391 e. The van der Waals surface area contributed by atoms with Gasteiger partial charge in [-0.2, -0.15) is 0 Å². The van der Waals surface area contributed by atoms with Gasteiger partial charge in [0.15, 0.2) is 0 Å². The summed E-state index contributed by atoms with van der Waals surface area (Å²) >= 11 is 0. The average molecular weight is 471 g/mol. The molecule has 0 aromatic heterocycles. The van der Waals surface area contributed by atoms with Gasteiger partial charge in [-0.25, -0.2) is 0 Å². The number of allylic oxidation sites excluding steroid dienone is 1. The number of nitrogens with two attached hydrogens (primary N) is 1. The first-order valence-corrected chi connectivity index (χ1v) is 12.3. The van der Waals surface area contributed by atoms with E-state index in [1.54, 1.807) is 0 Å². The van der Waals surface area contributed by atoms with Crippen molar-refractivity contribution in [1.29, 1.82) is 0 Å². The highest BCUT2D eigenvalue weighted by Gasteiger charge is 2.34. The molecular weight excluding hydrogens is 436 g/mol. The van der Waals surface area contributed by atoms with Crippen LogP contribution in [0.5, 0.6) is 0 Å². The van der Waals surface area contributed by atoms with Crippen molar-refractivity contribution in [1.82, 2.24) is 5.32 Å². The summed E-state index contributed by atoms with van der Waals surface area (Å²) in [6.45, 7) is 0. The number of nitrogens with one attached hydrogen (secondary N) is 1. The van der Waals surface area contributed by atoms with Crippen molar-refractivity contribution in [2.45, 2.75) is 50.0 Å². The van der Waals surface area contributed by atoms with Crippen LogP contribution in [-0.2, 0) is 17.6 Å². The number of aliphatic hydroxyl groups excluding tert-OH is 2. The Balaban J connectivity index is 1.46. The van der Waals surface area contributed by atoms with E-state index in [2.05, 4.69) is 5.32 Å². The summed E-state index contributed by atoms with van der Waals surface area (Å²) in [5.74, 6) is -0.666. The Hall–Kier alpha value is -3.25. The number of hydrogen-bond acceptors (Lipinski definition) is 4. The van der Waals surface area contributed by atoms with Crippen LogP contribution < -0.4 is 11.1 Å². The Morgan fingerprint density at radius 3 is 2.40 bits per heavy atom. The lowest BCUT2D eigenvalue weighted by atomic mass is 9.90. The van der Waals surface area contributed by atoms with Gasteiger partial charge in [0.1, 0.15) is 0 Å². The molecule has 0 bridgehead atoms. The fourth-order valence-corrected chi connectivity index (χ4v) is 4.75. The lowest BCUT2D eigenvalue weighted by Crippen LogP contribution is -2.42. The smallest absolute Gasteiger partial charge is 0.224 e. The van der Waals surface area contributed by atoms with E-state index in [1.807, 2.05) is 97.1 Å². The molecule has 182 valence electrons. The molecule has 0 saturated carbocycles. The standard InChI is InChI=1S/C30H34N2O3/c31-26(18-22-12-5-2-6-13-22)27(33)20-24(16-9-14-21-10-3-1-4-11-21)30(35)32-29-25-17-8-7-15-23(25)19-28(29)34/h1-15,17,24,26-29,33-34H,16,18-20,31H2,(H,32,35)/t24?,26?,27?,28-,29-/m0/s1. The quantitative estimate of drug-likeness (QED) is 0.362. The molecule has 1 aliphatic rings. The minimum atomic E-state index is -0.836. The lowest BCUT2D eigenvalue weighted by molar-refractivity contribution is -0.127. The van der Waals surface area contributed by atoms with Crippen LogP contribution in [0.2, 0.25) is 0 Å². The zero-order valence-corrected chi connectivity index (χ0v) is 19.8. The van der Waals surface area contributed by atoms with Gasteiger partial charge in [0.05, 0.1) is 18.2 Å². The maximum absolute atomic E-state index is 13.4. The SMILES string of the molecule is NC(Cc1ccccc1)C(O)CC(CC=Cc1ccccc1)C(=O)N[C@H]1c2ccccc2C[C@@H]1O. The molecule has 0 heterocycles. The molecule has 0 saturated heterocycles. The van der Waals surface area contributed by atoms with Gasteiger partial charge in [-0.1, -0.05) is 97.1 Å². The third kappa shape index (κ3) is 6.67. The Bertz CT molecular complexity index is 1120. The van der Waals surface area contributed by atoms with Crippen molar-refractivity contribution in [2.24, 2.45) is 11.7 Å². The minimum absolute atomic E-state index is 0.186. The van der Waals surface area contributed by atoms with Crippen LogP contribution in [0.3, 0.4) is 0 Å². The number of carbonyl (C=O) groups is 1. The van der Waals surface area contributed by atoms with Crippen molar-refractivity contribution in [3.63, 3.8) is 0 Å². The molecule has 3 aromatic rings. The second-order valence-electron chi connectivity index (χ2n) is 9.36. The van der Waals surface area contributed by atoms with E-state index in [-0.39, 0.29) is 12.3 Å². The molecule has 0 aliphatic heterocycles. The van der Waals surface area contributed by atoms with Gasteiger partial charge in [-0.15, -0.1) is 0 Å². The molecule has 3 unspecified atom stereocenters. The summed E-state index contributed by atoms with van der Waals surface area (Å²) in [6, 6.07) is 26.6. The number of amides is 1. The van der Waals surface area contributed by atoms with Crippen molar-refractivity contribution >= 4 is 12.0 Å². The molecule has 1 aliphatic carbocycles. The largest absolute Gasteiger partial charge is 0.391 e. The lowest BCUT2D eigenvalue weighted by Gasteiger charge is -2.26. The first-order chi connectivity index (χ1) is 17.0. The van der Waals surface area contributed by atoms with Crippen LogP contribution in [0.1, 0.15) is 41.1 Å². The molecule has 35 heavy (non-hydrogen) atoms. The molecule has 3 aromatic carbocycles. The Labute approximate surface area is 207 Å². The molecule has 5 nitrogen and oxygen atoms in total. The van der Waals surface area contributed by atoms with Gasteiger partial charge in [-0.3, -0.25) is 4.79 Å². The number of hydrogen-bond donors (Lipinski definition) is 4. The summed E-state index contributed by atoms with van der Waals surface area (Å²) in [7, 11) is 0. The summed E-state index contributed by atoms with van der Waals surface area (Å²) in [4.78, 5) is 13.4. The van der Waals surface area contributed by atoms with E-state index < -0.39 is 30.2 Å². The third-order valence-corrected chi connectivity index (χ3v) is 6.74. The maximum atomic E-state index is 13.4. The van der Waals surface area contributed by atoms with E-state index in [4.69, 9.17) is 5.73 Å². The summed E-state index contributed by atoms with van der Waals surface area (Å²) in [5.41, 5.74) is 10.4. The Morgan fingerprint density at radius 2 is 1.66 bits per heavy atom. The molecule has 5 heteroatoms. The molecule has 5 atom stereocenters. The van der Waals surface area contributed by atoms with Crippen LogP contribution in [-0.4, -0.2) is 34.4 Å². The highest BCUT2D eigenvalue weighted by Crippen LogP contribution is 2.32. The average Bonchev–Trinajstić information content (AvgIpc) is 3.19. The van der Waals surface area contributed by atoms with Crippen LogP contribution in [0.15, 0.2) is 91.0 Å². The summed E-state index contributed by atoms with van der Waals surface area (Å²) < 4.78 is 0. The van der Waals surface area contributed by atoms with Crippen LogP contribution in [0.25, 0.3) is 6.08 Å². The number of fused-ring (bicyclic) bond motifs is 1. The first kappa shape index (κ1) is 24.9. The molecule has 0 radical (unpaired) electrons.